The van der Waals surface area contributed by atoms with Crippen molar-refractivity contribution in [3.63, 3.8) is 0 Å². The molecule has 6 heteroatoms. The van der Waals surface area contributed by atoms with Crippen LogP contribution in [0, 0.1) is 10.1 Å². The minimum absolute atomic E-state index is 0.00988. The van der Waals surface area contributed by atoms with Gasteiger partial charge in [0.15, 0.2) is 5.75 Å². The van der Waals surface area contributed by atoms with E-state index in [0.29, 0.717) is 31.2 Å². The van der Waals surface area contributed by atoms with Crippen molar-refractivity contribution in [2.75, 3.05) is 25.1 Å². The fourth-order valence-corrected chi connectivity index (χ4v) is 2.11. The van der Waals surface area contributed by atoms with Gasteiger partial charge in [-0.2, -0.15) is 0 Å². The van der Waals surface area contributed by atoms with Crippen LogP contribution in [0.2, 0.25) is 0 Å². The van der Waals surface area contributed by atoms with Gasteiger partial charge in [0.05, 0.1) is 18.1 Å². The van der Waals surface area contributed by atoms with Gasteiger partial charge in [0.25, 0.3) is 0 Å². The predicted molar refractivity (Wildman–Crippen MR) is 71.7 cm³/mol. The van der Waals surface area contributed by atoms with Crippen molar-refractivity contribution in [2.24, 2.45) is 0 Å². The van der Waals surface area contributed by atoms with Crippen LogP contribution in [0.1, 0.15) is 19.8 Å². The number of para-hydroxylation sites is 1. The molecule has 1 aliphatic rings. The molecule has 0 radical (unpaired) electrons. The Labute approximate surface area is 111 Å². The minimum Gasteiger partial charge on any atom is -0.483 e. The average molecular weight is 266 g/mol. The SMILES string of the molecule is CCNc1cccc(OC2CCOCC2)c1[N+](=O)[O-]. The summed E-state index contributed by atoms with van der Waals surface area (Å²) in [5.41, 5.74) is 0.507. The number of ether oxygens (including phenoxy) is 2. The summed E-state index contributed by atoms with van der Waals surface area (Å²) in [5, 5.41) is 14.2. The van der Waals surface area contributed by atoms with Crippen molar-refractivity contribution in [1.29, 1.82) is 0 Å². The molecule has 1 saturated heterocycles. The zero-order valence-corrected chi connectivity index (χ0v) is 10.9. The third-order valence-electron chi connectivity index (χ3n) is 3.01. The van der Waals surface area contributed by atoms with Gasteiger partial charge in [-0.05, 0) is 19.1 Å². The Morgan fingerprint density at radius 3 is 2.84 bits per heavy atom. The molecule has 0 aliphatic carbocycles. The Hall–Kier alpha value is -1.82. The molecule has 19 heavy (non-hydrogen) atoms. The van der Waals surface area contributed by atoms with Gasteiger partial charge in [-0.1, -0.05) is 6.07 Å². The summed E-state index contributed by atoms with van der Waals surface area (Å²) in [7, 11) is 0. The fourth-order valence-electron chi connectivity index (χ4n) is 2.11. The lowest BCUT2D eigenvalue weighted by molar-refractivity contribution is -0.385. The van der Waals surface area contributed by atoms with E-state index in [0.717, 1.165) is 12.8 Å². The Morgan fingerprint density at radius 1 is 1.47 bits per heavy atom. The summed E-state index contributed by atoms with van der Waals surface area (Å²) < 4.78 is 11.0. The first-order chi connectivity index (χ1) is 9.22. The van der Waals surface area contributed by atoms with Crippen LogP contribution >= 0.6 is 0 Å². The number of nitrogens with one attached hydrogen (secondary N) is 1. The van der Waals surface area contributed by atoms with Gasteiger partial charge in [0.2, 0.25) is 0 Å². The van der Waals surface area contributed by atoms with E-state index in [4.69, 9.17) is 9.47 Å². The van der Waals surface area contributed by atoms with E-state index in [-0.39, 0.29) is 11.8 Å². The summed E-state index contributed by atoms with van der Waals surface area (Å²) in [6.45, 7) is 3.81. The van der Waals surface area contributed by atoms with Crippen molar-refractivity contribution in [1.82, 2.24) is 0 Å². The molecule has 104 valence electrons. The molecule has 2 rings (SSSR count). The van der Waals surface area contributed by atoms with E-state index in [1.807, 2.05) is 6.92 Å². The summed E-state index contributed by atoms with van der Waals surface area (Å²) in [6, 6.07) is 5.10. The maximum absolute atomic E-state index is 11.2. The van der Waals surface area contributed by atoms with Gasteiger partial charge in [-0.25, -0.2) is 0 Å². The molecule has 1 aromatic rings. The predicted octanol–water partition coefficient (Wildman–Crippen LogP) is 2.58. The van der Waals surface area contributed by atoms with Gasteiger partial charge >= 0.3 is 5.69 Å². The Kier molecular flexibility index (Phi) is 4.57. The topological polar surface area (TPSA) is 73.6 Å². The molecule has 1 aromatic carbocycles. The highest BCUT2D eigenvalue weighted by Gasteiger charge is 2.24. The van der Waals surface area contributed by atoms with Gasteiger partial charge in [-0.15, -0.1) is 0 Å². The number of anilines is 1. The van der Waals surface area contributed by atoms with E-state index in [1.165, 1.54) is 0 Å². The van der Waals surface area contributed by atoms with Crippen LogP contribution in [0.4, 0.5) is 11.4 Å². The molecular formula is C13H18N2O4. The molecule has 0 unspecified atom stereocenters. The number of hydrogen-bond acceptors (Lipinski definition) is 5. The molecule has 1 aliphatic heterocycles. The summed E-state index contributed by atoms with van der Waals surface area (Å²) in [5.74, 6) is 0.329. The second-order valence-electron chi connectivity index (χ2n) is 4.37. The number of hydrogen-bond donors (Lipinski definition) is 1. The van der Waals surface area contributed by atoms with Crippen LogP contribution in [0.25, 0.3) is 0 Å². The Bertz CT molecular complexity index is 444. The molecule has 1 heterocycles. The molecule has 0 saturated carbocycles. The van der Waals surface area contributed by atoms with Gasteiger partial charge in [-0.3, -0.25) is 10.1 Å². The highest BCUT2D eigenvalue weighted by molar-refractivity contribution is 5.68. The average Bonchev–Trinajstić information content (AvgIpc) is 2.40. The third-order valence-corrected chi connectivity index (χ3v) is 3.01. The first-order valence-corrected chi connectivity index (χ1v) is 6.48. The van der Waals surface area contributed by atoms with E-state index < -0.39 is 4.92 Å². The summed E-state index contributed by atoms with van der Waals surface area (Å²) in [4.78, 5) is 10.8. The minimum atomic E-state index is -0.396. The van der Waals surface area contributed by atoms with E-state index in [1.54, 1.807) is 18.2 Å². The van der Waals surface area contributed by atoms with Crippen LogP contribution < -0.4 is 10.1 Å². The smallest absolute Gasteiger partial charge is 0.333 e. The fraction of sp³-hybridized carbons (Fsp3) is 0.538. The molecule has 0 atom stereocenters. The summed E-state index contributed by atoms with van der Waals surface area (Å²) in [6.07, 6.45) is 1.52. The highest BCUT2D eigenvalue weighted by atomic mass is 16.6. The van der Waals surface area contributed by atoms with Gasteiger partial charge in [0, 0.05) is 19.4 Å². The van der Waals surface area contributed by atoms with Crippen LogP contribution in [-0.2, 0) is 4.74 Å². The second kappa shape index (κ2) is 6.38. The molecule has 0 aromatic heterocycles. The van der Waals surface area contributed by atoms with Crippen molar-refractivity contribution >= 4 is 11.4 Å². The maximum atomic E-state index is 11.2. The molecule has 0 spiro atoms. The number of nitro groups is 1. The first kappa shape index (κ1) is 13.6. The molecule has 6 nitrogen and oxygen atoms in total. The molecule has 1 fully saturated rings. The lowest BCUT2D eigenvalue weighted by Crippen LogP contribution is -2.26. The number of nitro benzene ring substituents is 1. The monoisotopic (exact) mass is 266 g/mol. The van der Waals surface area contributed by atoms with Crippen LogP contribution in [0.15, 0.2) is 18.2 Å². The van der Waals surface area contributed by atoms with Crippen molar-refractivity contribution in [2.45, 2.75) is 25.9 Å². The number of rotatable bonds is 5. The number of nitrogens with zero attached hydrogens (tertiary/aromatic N) is 1. The lowest BCUT2D eigenvalue weighted by Gasteiger charge is -2.23. The zero-order chi connectivity index (χ0) is 13.7. The van der Waals surface area contributed by atoms with Crippen LogP contribution in [0.5, 0.6) is 5.75 Å². The van der Waals surface area contributed by atoms with Crippen molar-refractivity contribution in [3.05, 3.63) is 28.3 Å². The van der Waals surface area contributed by atoms with Crippen LogP contribution in [-0.4, -0.2) is 30.8 Å². The van der Waals surface area contributed by atoms with Gasteiger partial charge in [0.1, 0.15) is 11.8 Å². The Balaban J connectivity index is 2.22. The van der Waals surface area contributed by atoms with E-state index in [2.05, 4.69) is 5.32 Å². The molecule has 0 amide bonds. The maximum Gasteiger partial charge on any atom is 0.333 e. The number of benzene rings is 1. The van der Waals surface area contributed by atoms with Crippen molar-refractivity contribution in [3.8, 4) is 5.75 Å². The lowest BCUT2D eigenvalue weighted by atomic mass is 10.1. The molecular weight excluding hydrogens is 248 g/mol. The Morgan fingerprint density at radius 2 is 2.21 bits per heavy atom. The van der Waals surface area contributed by atoms with E-state index >= 15 is 0 Å². The van der Waals surface area contributed by atoms with Gasteiger partial charge < -0.3 is 14.8 Å². The van der Waals surface area contributed by atoms with Crippen LogP contribution in [0.3, 0.4) is 0 Å². The zero-order valence-electron chi connectivity index (χ0n) is 10.9. The van der Waals surface area contributed by atoms with E-state index in [9.17, 15) is 10.1 Å². The molecule has 0 bridgehead atoms. The summed E-state index contributed by atoms with van der Waals surface area (Å²) >= 11 is 0. The highest BCUT2D eigenvalue weighted by Crippen LogP contribution is 2.36. The standard InChI is InChI=1S/C13H18N2O4/c1-2-14-11-4-3-5-12(13(11)15(16)17)19-10-6-8-18-9-7-10/h3-5,10,14H,2,6-9H2,1H3. The van der Waals surface area contributed by atoms with Crippen molar-refractivity contribution < 1.29 is 14.4 Å². The third kappa shape index (κ3) is 3.35. The first-order valence-electron chi connectivity index (χ1n) is 6.48. The second-order valence-corrected chi connectivity index (χ2v) is 4.37. The largest absolute Gasteiger partial charge is 0.483 e. The molecule has 1 N–H and O–H groups in total. The quantitative estimate of drug-likeness (QED) is 0.655. The normalized spacial score (nSPS) is 16.1.